The third-order valence-electron chi connectivity index (χ3n) is 8.24. The van der Waals surface area contributed by atoms with Crippen LogP contribution >= 0.6 is 0 Å². The number of rotatable bonds is 7. The number of fused-ring (bicyclic) bond motifs is 2. The maximum atomic E-state index is 14.1. The molecule has 0 saturated carbocycles. The summed E-state index contributed by atoms with van der Waals surface area (Å²) in [5.41, 5.74) is -6.26. The minimum absolute atomic E-state index is 0.0806. The number of pyridine rings is 1. The molecule has 2 aliphatic carbocycles. The Balaban J connectivity index is 0.000000208. The number of nitrogens with two attached hydrogens (primary N) is 1. The summed E-state index contributed by atoms with van der Waals surface area (Å²) in [4.78, 5) is 1.82. The number of nitrogens with zero attached hydrogens (tertiary/aromatic N) is 2. The first kappa shape index (κ1) is 40.2. The summed E-state index contributed by atoms with van der Waals surface area (Å²) in [5, 5.41) is 18.9. The van der Waals surface area contributed by atoms with Crippen molar-refractivity contribution in [3.8, 4) is 34.8 Å². The van der Waals surface area contributed by atoms with Gasteiger partial charge in [0.2, 0.25) is 0 Å². The van der Waals surface area contributed by atoms with Gasteiger partial charge in [-0.3, -0.25) is 4.98 Å². The molecule has 11 nitrogen and oxygen atoms in total. The summed E-state index contributed by atoms with van der Waals surface area (Å²) in [5.74, 6) is -0.313. The second-order valence-corrected chi connectivity index (χ2v) is 15.5. The van der Waals surface area contributed by atoms with E-state index in [1.807, 2.05) is 0 Å². The number of aromatic nitrogens is 1. The van der Waals surface area contributed by atoms with Gasteiger partial charge >= 0.3 is 11.0 Å². The summed E-state index contributed by atoms with van der Waals surface area (Å²) < 4.78 is 169. The normalized spacial score (nSPS) is 18.1. The topological polar surface area (TPSA) is 179 Å². The van der Waals surface area contributed by atoms with Gasteiger partial charge in [0.15, 0.2) is 0 Å². The molecule has 0 amide bonds. The molecule has 3 N–H and O–H groups in total. The number of hydrogen-bond donors (Lipinski definition) is 2. The van der Waals surface area contributed by atoms with Crippen LogP contribution in [0.3, 0.4) is 0 Å². The Morgan fingerprint density at radius 1 is 0.833 bits per heavy atom. The first-order valence-electron chi connectivity index (χ1n) is 15.2. The molecule has 0 saturated heterocycles. The molecule has 1 unspecified atom stereocenters. The fourth-order valence-electron chi connectivity index (χ4n) is 5.79. The number of aliphatic hydroxyl groups is 1. The van der Waals surface area contributed by atoms with Crippen molar-refractivity contribution < 1.29 is 71.3 Å². The number of alkyl halides is 7. The van der Waals surface area contributed by atoms with Gasteiger partial charge in [-0.25, -0.2) is 25.6 Å². The highest BCUT2D eigenvalue weighted by atomic mass is 32.2. The minimum atomic E-state index is -5.77. The van der Waals surface area contributed by atoms with Crippen LogP contribution in [0.1, 0.15) is 46.4 Å². The van der Waals surface area contributed by atoms with Crippen LogP contribution < -0.4 is 19.9 Å². The van der Waals surface area contributed by atoms with Crippen LogP contribution in [-0.2, 0) is 32.5 Å². The van der Waals surface area contributed by atoms with Crippen molar-refractivity contribution in [2.75, 3.05) is 7.11 Å². The van der Waals surface area contributed by atoms with E-state index in [-0.39, 0.29) is 58.1 Å². The molecule has 0 radical (unpaired) electrons. The van der Waals surface area contributed by atoms with Crippen LogP contribution in [0, 0.1) is 17.1 Å². The third-order valence-corrected chi connectivity index (χ3v) is 11.3. The molecule has 288 valence electrons. The largest absolute Gasteiger partial charge is 0.501 e. The van der Waals surface area contributed by atoms with E-state index in [1.54, 1.807) is 6.07 Å². The number of halogens is 8. The first-order chi connectivity index (χ1) is 25.1. The van der Waals surface area contributed by atoms with Crippen LogP contribution in [0.4, 0.5) is 35.1 Å². The molecule has 1 heterocycles. The summed E-state index contributed by atoms with van der Waals surface area (Å²) in [6, 6.07) is 8.12. The smallest absolute Gasteiger partial charge is 0.495 e. The maximum Gasteiger partial charge on any atom is 0.501 e. The lowest BCUT2D eigenvalue weighted by atomic mass is 10.1. The van der Waals surface area contributed by atoms with E-state index in [0.29, 0.717) is 11.8 Å². The van der Waals surface area contributed by atoms with E-state index >= 15 is 0 Å². The Morgan fingerprint density at radius 3 is 1.96 bits per heavy atom. The Kier molecular flexibility index (Phi) is 10.9. The minimum Gasteiger partial charge on any atom is -0.495 e. The summed E-state index contributed by atoms with van der Waals surface area (Å²) in [7, 11) is -9.92. The van der Waals surface area contributed by atoms with E-state index in [0.717, 1.165) is 36.4 Å². The van der Waals surface area contributed by atoms with Gasteiger partial charge in [-0.05, 0) is 54.8 Å². The highest BCUT2D eigenvalue weighted by Crippen LogP contribution is 2.47. The van der Waals surface area contributed by atoms with Crippen LogP contribution in [0.25, 0.3) is 0 Å². The molecular formula is C33H25F8N3O8S2. The number of methoxy groups -OCH3 is 1. The van der Waals surface area contributed by atoms with Crippen molar-refractivity contribution in [1.82, 2.24) is 4.98 Å². The Bertz CT molecular complexity index is 2370. The van der Waals surface area contributed by atoms with Crippen molar-refractivity contribution in [2.45, 2.75) is 58.4 Å². The fraction of sp³-hybridized carbons (Fsp3) is 0.273. The van der Waals surface area contributed by atoms with E-state index in [9.17, 15) is 57.1 Å². The van der Waals surface area contributed by atoms with Gasteiger partial charge in [-0.15, -0.1) is 0 Å². The fourth-order valence-corrected chi connectivity index (χ4v) is 7.88. The van der Waals surface area contributed by atoms with Crippen LogP contribution in [0.5, 0.6) is 28.7 Å². The number of aliphatic hydroxyl groups excluding tert-OH is 1. The number of nitriles is 1. The lowest BCUT2D eigenvalue weighted by Gasteiger charge is -2.17. The van der Waals surface area contributed by atoms with Crippen molar-refractivity contribution in [3.63, 3.8) is 0 Å². The molecule has 1 aromatic heterocycles. The molecule has 6 rings (SSSR count). The number of benzene rings is 3. The number of sulfone groups is 2. The Morgan fingerprint density at radius 2 is 1.39 bits per heavy atom. The van der Waals surface area contributed by atoms with Crippen molar-refractivity contribution in [1.29, 1.82) is 5.26 Å². The SMILES string of the molecule is COc1cncc(Oc2ccc(S(=O)(=O)C(F)(F)F)c3c2CCC3O)c1.N#Cc1cc(F)cc(Oc2ccc(S(=O)(=O)C(F)(F)F)c3c2C[C@H](F)[C@@H]3N)c1. The molecule has 0 bridgehead atoms. The molecule has 21 heteroatoms. The van der Waals surface area contributed by atoms with Crippen LogP contribution in [0.15, 0.2) is 70.7 Å². The molecule has 3 aromatic carbocycles. The maximum absolute atomic E-state index is 14.1. The zero-order valence-electron chi connectivity index (χ0n) is 27.2. The molecule has 0 fully saturated rings. The predicted molar refractivity (Wildman–Crippen MR) is 170 cm³/mol. The van der Waals surface area contributed by atoms with Crippen molar-refractivity contribution in [3.05, 3.63) is 94.6 Å². The van der Waals surface area contributed by atoms with E-state index in [2.05, 4.69) is 4.98 Å². The quantitative estimate of drug-likeness (QED) is 0.187. The lowest BCUT2D eigenvalue weighted by Crippen LogP contribution is -2.26. The number of ether oxygens (including phenoxy) is 3. The first-order valence-corrected chi connectivity index (χ1v) is 18.1. The average Bonchev–Trinajstić information content (AvgIpc) is 3.63. The van der Waals surface area contributed by atoms with Gasteiger partial charge < -0.3 is 25.1 Å². The predicted octanol–water partition coefficient (Wildman–Crippen LogP) is 6.83. The second-order valence-electron chi connectivity index (χ2n) is 11.7. The summed E-state index contributed by atoms with van der Waals surface area (Å²) in [6.07, 6.45) is -0.515. The molecule has 0 aliphatic heterocycles. The molecule has 4 aromatic rings. The highest BCUT2D eigenvalue weighted by molar-refractivity contribution is 7.92. The number of hydrogen-bond acceptors (Lipinski definition) is 11. The second kappa shape index (κ2) is 14.7. The average molecular weight is 808 g/mol. The molecule has 2 aliphatic rings. The van der Waals surface area contributed by atoms with Gasteiger partial charge in [0.05, 0.1) is 53.1 Å². The van der Waals surface area contributed by atoms with E-state index in [4.69, 9.17) is 25.2 Å². The van der Waals surface area contributed by atoms with Crippen molar-refractivity contribution in [2.24, 2.45) is 5.73 Å². The van der Waals surface area contributed by atoms with Gasteiger partial charge in [0, 0.05) is 35.2 Å². The lowest BCUT2D eigenvalue weighted by molar-refractivity contribution is -0.0443. The van der Waals surface area contributed by atoms with Crippen molar-refractivity contribution >= 4 is 19.7 Å². The van der Waals surface area contributed by atoms with E-state index < -0.39 is 76.6 Å². The van der Waals surface area contributed by atoms with E-state index in [1.165, 1.54) is 25.6 Å². The Labute approximate surface area is 301 Å². The molecule has 3 atom stereocenters. The molecule has 0 spiro atoms. The molecular weight excluding hydrogens is 782 g/mol. The van der Waals surface area contributed by atoms with Gasteiger partial charge in [-0.1, -0.05) is 0 Å². The zero-order chi connectivity index (χ0) is 40.0. The van der Waals surface area contributed by atoms with Crippen LogP contribution in [-0.4, -0.2) is 51.2 Å². The monoisotopic (exact) mass is 807 g/mol. The standard InChI is InChI=1S/C17H11F5N2O3S.C16H14F3NO5S/c18-9-3-8(7-23)4-10(5-9)27-13-1-2-14(28(25,26)17(20,21)22)15-11(13)6-12(19)16(15)24;1-24-9-6-10(8-20-7-9)25-13-4-5-14(26(22,23)16(17,18)19)15-11(13)2-3-12(15)21/h1-5,12,16H,6,24H2;4-8,12,21H,2-3H2,1H3/t12-,16-;/m0./s1. The zero-order valence-corrected chi connectivity index (χ0v) is 28.9. The summed E-state index contributed by atoms with van der Waals surface area (Å²) >= 11 is 0. The highest BCUT2D eigenvalue weighted by Gasteiger charge is 2.51. The van der Waals surface area contributed by atoms with Gasteiger partial charge in [-0.2, -0.15) is 31.6 Å². The van der Waals surface area contributed by atoms with Gasteiger partial charge in [0.1, 0.15) is 40.7 Å². The van der Waals surface area contributed by atoms with Crippen LogP contribution in [0.2, 0.25) is 0 Å². The summed E-state index contributed by atoms with van der Waals surface area (Å²) in [6.45, 7) is 0. The van der Waals surface area contributed by atoms with Gasteiger partial charge in [0.25, 0.3) is 19.7 Å². The molecule has 54 heavy (non-hydrogen) atoms. The third kappa shape index (κ3) is 7.64. The Hall–Kier alpha value is -5.04.